The monoisotopic (exact) mass is 310 g/mol. The maximum Gasteiger partial charge on any atom is 0.241 e. The first kappa shape index (κ1) is 14.8. The summed E-state index contributed by atoms with van der Waals surface area (Å²) in [5.74, 6) is 0. The minimum atomic E-state index is -3.59. The summed E-state index contributed by atoms with van der Waals surface area (Å²) < 4.78 is 26.3. The first-order valence-electron chi connectivity index (χ1n) is 5.73. The zero-order valence-electron chi connectivity index (χ0n) is 11.0. The van der Waals surface area contributed by atoms with Crippen LogP contribution in [0.3, 0.4) is 0 Å². The average molecular weight is 310 g/mol. The number of nitrogen functional groups attached to an aromatic ring is 1. The van der Waals surface area contributed by atoms with Gasteiger partial charge in [0.25, 0.3) is 0 Å². The maximum absolute atomic E-state index is 12.0. The lowest BCUT2D eigenvalue weighted by Gasteiger charge is -2.09. The van der Waals surface area contributed by atoms with Crippen LogP contribution in [-0.4, -0.2) is 25.4 Å². The van der Waals surface area contributed by atoms with Crippen LogP contribution in [-0.2, 0) is 10.0 Å². The molecule has 6 nitrogen and oxygen atoms in total. The quantitative estimate of drug-likeness (QED) is 0.655. The van der Waals surface area contributed by atoms with Crippen molar-refractivity contribution in [3.63, 3.8) is 0 Å². The molecule has 20 heavy (non-hydrogen) atoms. The number of hydrogen-bond acceptors (Lipinski definition) is 6. The van der Waals surface area contributed by atoms with Crippen molar-refractivity contribution in [3.05, 3.63) is 36.2 Å². The summed E-state index contributed by atoms with van der Waals surface area (Å²) in [7, 11) is -2.23. The number of aryl methyl sites for hydroxylation is 1. The lowest BCUT2D eigenvalue weighted by Crippen LogP contribution is -2.19. The number of hydrogen-bond donors (Lipinski definition) is 2. The standard InChI is InChI=1S/C12H14N4O2S2/c1-8-5-6-15-12(16-8)19-10-4-3-9(13)7-11(10)20(17,18)14-2/h3-7,14H,13H2,1-2H3. The number of nitrogens with one attached hydrogen (secondary N) is 1. The highest BCUT2D eigenvalue weighted by atomic mass is 32.2. The Hall–Kier alpha value is -1.64. The molecule has 0 spiro atoms. The Kier molecular flexibility index (Phi) is 4.26. The summed E-state index contributed by atoms with van der Waals surface area (Å²) >= 11 is 1.18. The van der Waals surface area contributed by atoms with Crippen LogP contribution < -0.4 is 10.5 Å². The van der Waals surface area contributed by atoms with Gasteiger partial charge in [0.15, 0.2) is 5.16 Å². The molecule has 0 amide bonds. The molecule has 2 aromatic rings. The highest BCUT2D eigenvalue weighted by molar-refractivity contribution is 8.00. The topological polar surface area (TPSA) is 98.0 Å². The fraction of sp³-hybridized carbons (Fsp3) is 0.167. The number of rotatable bonds is 4. The third-order valence-electron chi connectivity index (χ3n) is 2.50. The normalized spacial score (nSPS) is 11.5. The molecule has 106 valence electrons. The molecule has 1 aromatic heterocycles. The van der Waals surface area contributed by atoms with Gasteiger partial charge >= 0.3 is 0 Å². The SMILES string of the molecule is CNS(=O)(=O)c1cc(N)ccc1Sc1nccc(C)n1. The molecule has 0 atom stereocenters. The van der Waals surface area contributed by atoms with E-state index in [0.29, 0.717) is 15.7 Å². The fourth-order valence-corrected chi connectivity index (χ4v) is 3.60. The van der Waals surface area contributed by atoms with E-state index in [1.165, 1.54) is 24.9 Å². The Morgan fingerprint density at radius 2 is 2.05 bits per heavy atom. The van der Waals surface area contributed by atoms with Gasteiger partial charge in [-0.2, -0.15) is 0 Å². The second-order valence-electron chi connectivity index (χ2n) is 4.00. The summed E-state index contributed by atoms with van der Waals surface area (Å²) in [5, 5.41) is 0.488. The summed E-state index contributed by atoms with van der Waals surface area (Å²) in [6.07, 6.45) is 1.63. The first-order valence-corrected chi connectivity index (χ1v) is 8.03. The molecule has 8 heteroatoms. The van der Waals surface area contributed by atoms with Gasteiger partial charge in [0.1, 0.15) is 0 Å². The second kappa shape index (κ2) is 5.78. The molecule has 2 rings (SSSR count). The highest BCUT2D eigenvalue weighted by Gasteiger charge is 2.18. The molecule has 1 aromatic carbocycles. The smallest absolute Gasteiger partial charge is 0.241 e. The van der Waals surface area contributed by atoms with E-state index in [1.807, 2.05) is 6.92 Å². The van der Waals surface area contributed by atoms with Crippen LogP contribution in [0.5, 0.6) is 0 Å². The van der Waals surface area contributed by atoms with E-state index in [9.17, 15) is 8.42 Å². The molecular weight excluding hydrogens is 296 g/mol. The maximum atomic E-state index is 12.0. The number of nitrogens with zero attached hydrogens (tertiary/aromatic N) is 2. The molecule has 3 N–H and O–H groups in total. The second-order valence-corrected chi connectivity index (χ2v) is 6.86. The van der Waals surface area contributed by atoms with Crippen LogP contribution >= 0.6 is 11.8 Å². The van der Waals surface area contributed by atoms with Crippen molar-refractivity contribution in [1.82, 2.24) is 14.7 Å². The largest absolute Gasteiger partial charge is 0.399 e. The van der Waals surface area contributed by atoms with E-state index in [1.54, 1.807) is 24.4 Å². The third kappa shape index (κ3) is 3.27. The molecule has 0 unspecified atom stereocenters. The van der Waals surface area contributed by atoms with E-state index >= 15 is 0 Å². The molecule has 0 saturated heterocycles. The van der Waals surface area contributed by atoms with Crippen LogP contribution in [0.25, 0.3) is 0 Å². The van der Waals surface area contributed by atoms with Gasteiger partial charge in [-0.25, -0.2) is 23.1 Å². The molecule has 0 radical (unpaired) electrons. The first-order chi connectivity index (χ1) is 9.42. The van der Waals surface area contributed by atoms with E-state index < -0.39 is 10.0 Å². The Labute approximate surface area is 121 Å². The van der Waals surface area contributed by atoms with Crippen molar-refractivity contribution >= 4 is 27.5 Å². The van der Waals surface area contributed by atoms with Gasteiger partial charge < -0.3 is 5.73 Å². The molecule has 0 bridgehead atoms. The minimum Gasteiger partial charge on any atom is -0.399 e. The van der Waals surface area contributed by atoms with Gasteiger partial charge in [-0.1, -0.05) is 0 Å². The predicted molar refractivity (Wildman–Crippen MR) is 78.0 cm³/mol. The predicted octanol–water partition coefficient (Wildman–Crippen LogP) is 1.43. The Morgan fingerprint density at radius 3 is 2.70 bits per heavy atom. The van der Waals surface area contributed by atoms with Crippen LogP contribution in [0.15, 0.2) is 45.4 Å². The van der Waals surface area contributed by atoms with Gasteiger partial charge in [0, 0.05) is 22.5 Å². The van der Waals surface area contributed by atoms with Gasteiger partial charge in [0.2, 0.25) is 10.0 Å². The van der Waals surface area contributed by atoms with Crippen LogP contribution in [0.2, 0.25) is 0 Å². The van der Waals surface area contributed by atoms with E-state index in [0.717, 1.165) is 5.69 Å². The molecule has 0 saturated carbocycles. The van der Waals surface area contributed by atoms with Gasteiger partial charge in [-0.3, -0.25) is 0 Å². The van der Waals surface area contributed by atoms with Crippen molar-refractivity contribution in [2.24, 2.45) is 0 Å². The third-order valence-corrected chi connectivity index (χ3v) is 5.04. The van der Waals surface area contributed by atoms with Gasteiger partial charge in [0.05, 0.1) is 4.90 Å². The average Bonchev–Trinajstić information content (AvgIpc) is 2.41. The number of aromatic nitrogens is 2. The summed E-state index contributed by atoms with van der Waals surface area (Å²) in [6.45, 7) is 1.85. The fourth-order valence-electron chi connectivity index (χ4n) is 1.50. The van der Waals surface area contributed by atoms with Crippen molar-refractivity contribution in [2.45, 2.75) is 21.9 Å². The molecule has 0 aliphatic carbocycles. The van der Waals surface area contributed by atoms with Crippen molar-refractivity contribution in [3.8, 4) is 0 Å². The molecule has 0 aliphatic heterocycles. The van der Waals surface area contributed by atoms with Crippen LogP contribution in [0, 0.1) is 6.92 Å². The Morgan fingerprint density at radius 1 is 1.30 bits per heavy atom. The lowest BCUT2D eigenvalue weighted by molar-refractivity contribution is 0.586. The number of benzene rings is 1. The van der Waals surface area contributed by atoms with E-state index in [2.05, 4.69) is 14.7 Å². The summed E-state index contributed by atoms with van der Waals surface area (Å²) in [5.41, 5.74) is 6.86. The van der Waals surface area contributed by atoms with Crippen molar-refractivity contribution in [2.75, 3.05) is 12.8 Å². The number of nitrogens with two attached hydrogens (primary N) is 1. The summed E-state index contributed by atoms with van der Waals surface area (Å²) in [4.78, 5) is 9.00. The van der Waals surface area contributed by atoms with Gasteiger partial charge in [-0.15, -0.1) is 0 Å². The lowest BCUT2D eigenvalue weighted by atomic mass is 10.3. The van der Waals surface area contributed by atoms with Crippen LogP contribution in [0.1, 0.15) is 5.69 Å². The summed E-state index contributed by atoms with van der Waals surface area (Å²) in [6, 6.07) is 6.49. The molecule has 0 aliphatic rings. The Bertz CT molecular complexity index is 732. The molecule has 1 heterocycles. The molecule has 0 fully saturated rings. The minimum absolute atomic E-state index is 0.120. The zero-order chi connectivity index (χ0) is 14.8. The van der Waals surface area contributed by atoms with E-state index in [4.69, 9.17) is 5.73 Å². The Balaban J connectivity index is 2.47. The van der Waals surface area contributed by atoms with Crippen LogP contribution in [0.4, 0.5) is 5.69 Å². The zero-order valence-corrected chi connectivity index (χ0v) is 12.6. The van der Waals surface area contributed by atoms with Crippen molar-refractivity contribution < 1.29 is 8.42 Å². The highest BCUT2D eigenvalue weighted by Crippen LogP contribution is 2.31. The number of sulfonamides is 1. The number of anilines is 1. The van der Waals surface area contributed by atoms with Gasteiger partial charge in [-0.05, 0) is 50.0 Å². The molecular formula is C12H14N4O2S2. The van der Waals surface area contributed by atoms with E-state index in [-0.39, 0.29) is 4.90 Å². The van der Waals surface area contributed by atoms with Crippen molar-refractivity contribution in [1.29, 1.82) is 0 Å².